The number of allylic oxidation sites excluding steroid dienone is 2. The first-order valence-corrected chi connectivity index (χ1v) is 20.3. The summed E-state index contributed by atoms with van der Waals surface area (Å²) in [6.07, 6.45) is 13.2. The highest BCUT2D eigenvalue weighted by Gasteiger charge is 2.91. The Kier molecular flexibility index (Phi) is 7.15. The van der Waals surface area contributed by atoms with E-state index in [1.165, 1.54) is 31.3 Å². The molecule has 3 N–H and O–H groups in total. The molecule has 0 radical (unpaired) electrons. The van der Waals surface area contributed by atoms with E-state index in [0.29, 0.717) is 67.3 Å². The molecule has 8 nitrogen and oxygen atoms in total. The van der Waals surface area contributed by atoms with E-state index in [2.05, 4.69) is 42.7 Å². The number of piperidine rings is 2. The molecule has 9 aliphatic heterocycles. The van der Waals surface area contributed by atoms with Crippen LogP contribution in [0.3, 0.4) is 0 Å². The third kappa shape index (κ3) is 3.94. The Balaban J connectivity index is 1.23. The van der Waals surface area contributed by atoms with Gasteiger partial charge in [0.2, 0.25) is 0 Å². The van der Waals surface area contributed by atoms with Gasteiger partial charge in [0.05, 0.1) is 11.0 Å². The molecule has 1 aromatic carbocycles. The quantitative estimate of drug-likeness (QED) is 0.254. The second-order valence-corrected chi connectivity index (χ2v) is 18.1. The number of aliphatic hydroxyl groups excluding tert-OH is 1. The maximum absolute atomic E-state index is 15.0. The molecule has 51 heavy (non-hydrogen) atoms. The fourth-order valence-electron chi connectivity index (χ4n) is 13.9. The number of hydrogen-bond acceptors (Lipinski definition) is 8. The van der Waals surface area contributed by atoms with Gasteiger partial charge in [-0.05, 0) is 101 Å². The molecule has 272 valence electrons. The largest absolute Gasteiger partial charge is 0.509 e. The van der Waals surface area contributed by atoms with Gasteiger partial charge in [0.15, 0.2) is 11.4 Å². The number of carbonyl (C=O) groups excluding carboxylic acids is 2. The predicted molar refractivity (Wildman–Crippen MR) is 193 cm³/mol. The number of fused-ring (bicyclic) bond motifs is 2. The molecule has 12 aliphatic rings. The monoisotopic (exact) mass is 693 g/mol. The first-order chi connectivity index (χ1) is 24.7. The summed E-state index contributed by atoms with van der Waals surface area (Å²) in [4.78, 5) is 34.7. The molecule has 0 amide bonds. The Labute approximate surface area is 302 Å². The number of hydrogen-bond donors (Lipinski definition) is 2. The lowest BCUT2D eigenvalue weighted by molar-refractivity contribution is -0.272. The van der Waals surface area contributed by atoms with Crippen molar-refractivity contribution in [1.82, 2.24) is 9.80 Å². The molecule has 2 spiro atoms. The Morgan fingerprint density at radius 3 is 2.76 bits per heavy atom. The van der Waals surface area contributed by atoms with E-state index in [1.807, 2.05) is 12.1 Å². The third-order valence-electron chi connectivity index (χ3n) is 15.5. The van der Waals surface area contributed by atoms with E-state index >= 15 is 0 Å². The number of aryl methyl sites for hydroxylation is 1. The van der Waals surface area contributed by atoms with Crippen LogP contribution in [0.15, 0.2) is 52.6 Å². The molecule has 1 saturated carbocycles. The normalized spacial score (nSPS) is 43.1. The van der Waals surface area contributed by atoms with Gasteiger partial charge in [-0.1, -0.05) is 55.7 Å². The summed E-state index contributed by atoms with van der Waals surface area (Å²) in [5, 5.41) is 12.4. The predicted octanol–water partition coefficient (Wildman–Crippen LogP) is 6.90. The van der Waals surface area contributed by atoms with Crippen LogP contribution >= 0.6 is 0 Å². The minimum absolute atomic E-state index is 0.0877. The first kappa shape index (κ1) is 32.5. The second-order valence-electron chi connectivity index (χ2n) is 18.1. The number of nitrogens with zero attached hydrogens (tertiary/aromatic N) is 2. The summed E-state index contributed by atoms with van der Waals surface area (Å²) < 4.78 is 13.4. The highest BCUT2D eigenvalue weighted by Crippen LogP contribution is 2.85. The van der Waals surface area contributed by atoms with Gasteiger partial charge in [0, 0.05) is 61.2 Å². The molecule has 1 aromatic rings. The Hall–Kier alpha value is -3.10. The summed E-state index contributed by atoms with van der Waals surface area (Å²) in [5.41, 5.74) is 9.93. The van der Waals surface area contributed by atoms with E-state index in [0.717, 1.165) is 56.4 Å². The van der Waals surface area contributed by atoms with Crippen molar-refractivity contribution in [3.63, 3.8) is 0 Å². The van der Waals surface area contributed by atoms with Gasteiger partial charge in [0.1, 0.15) is 11.2 Å². The van der Waals surface area contributed by atoms with Gasteiger partial charge in [-0.2, -0.15) is 0 Å². The molecular weight excluding hydrogens is 638 g/mol. The zero-order valence-electron chi connectivity index (χ0n) is 30.7. The minimum Gasteiger partial charge on any atom is -0.509 e. The van der Waals surface area contributed by atoms with Crippen molar-refractivity contribution in [2.75, 3.05) is 26.2 Å². The molecule has 11 atom stereocenters. The lowest BCUT2D eigenvalue weighted by atomic mass is 9.31. The van der Waals surface area contributed by atoms with Crippen LogP contribution in [0.25, 0.3) is 0 Å². The summed E-state index contributed by atoms with van der Waals surface area (Å²) in [5.74, 6) is 1.77. The van der Waals surface area contributed by atoms with Crippen molar-refractivity contribution in [1.29, 1.82) is 0 Å². The standard InChI is InChI=1S/C43H55N3O5/c1-4-7-35-41-20-29-13-14-42(41,43(35)32-10-5-8-27(9-6-15-44)36(32)39(48)51-43)38(50-40(41)49)34(47)18-25(3)45-21-26-19-30(23-45)33-12-11-28-16-24(2)17-31(29)37(28)46(33)22-26/h5,8,10,20,24-26,30-31,33,35,47H,4,6-7,9,11-19,21-23,44H2,1-3H3. The molecule has 11 unspecified atom stereocenters. The zero-order valence-corrected chi connectivity index (χ0v) is 30.7. The third-order valence-corrected chi connectivity index (χ3v) is 15.5. The van der Waals surface area contributed by atoms with Crippen LogP contribution in [0.2, 0.25) is 0 Å². The zero-order chi connectivity index (χ0) is 35.0. The van der Waals surface area contributed by atoms with Crippen LogP contribution in [-0.4, -0.2) is 65.1 Å². The van der Waals surface area contributed by atoms with Gasteiger partial charge in [-0.25, -0.2) is 4.79 Å². The molecule has 10 bridgehead atoms. The topological polar surface area (TPSA) is 105 Å². The maximum Gasteiger partial charge on any atom is 0.339 e. The Morgan fingerprint density at radius 1 is 1.08 bits per heavy atom. The van der Waals surface area contributed by atoms with Crippen LogP contribution < -0.4 is 5.73 Å². The summed E-state index contributed by atoms with van der Waals surface area (Å²) in [6, 6.07) is 6.78. The highest BCUT2D eigenvalue weighted by molar-refractivity contribution is 5.99. The van der Waals surface area contributed by atoms with Crippen LogP contribution in [0.5, 0.6) is 0 Å². The lowest BCUT2D eigenvalue weighted by Crippen LogP contribution is -2.75. The molecular formula is C43H55N3O5. The van der Waals surface area contributed by atoms with Crippen molar-refractivity contribution in [3.05, 3.63) is 69.3 Å². The van der Waals surface area contributed by atoms with Gasteiger partial charge in [0.25, 0.3) is 0 Å². The number of benzene rings is 1. The van der Waals surface area contributed by atoms with Crippen LogP contribution in [0, 0.1) is 40.4 Å². The van der Waals surface area contributed by atoms with Crippen LogP contribution in [-0.2, 0) is 26.3 Å². The highest BCUT2D eigenvalue weighted by atomic mass is 16.6. The van der Waals surface area contributed by atoms with Crippen molar-refractivity contribution < 1.29 is 24.2 Å². The number of carbonyl (C=O) groups is 2. The maximum atomic E-state index is 15.0. The van der Waals surface area contributed by atoms with E-state index in [-0.39, 0.29) is 35.6 Å². The molecule has 4 fully saturated rings. The summed E-state index contributed by atoms with van der Waals surface area (Å²) in [7, 11) is 0. The number of rotatable bonds is 5. The molecule has 3 saturated heterocycles. The summed E-state index contributed by atoms with van der Waals surface area (Å²) in [6.45, 7) is 10.5. The van der Waals surface area contributed by atoms with Gasteiger partial charge in [-0.15, -0.1) is 0 Å². The Morgan fingerprint density at radius 2 is 1.94 bits per heavy atom. The summed E-state index contributed by atoms with van der Waals surface area (Å²) >= 11 is 0. The van der Waals surface area contributed by atoms with Gasteiger partial charge in [-0.3, -0.25) is 9.69 Å². The van der Waals surface area contributed by atoms with Crippen LogP contribution in [0.1, 0.15) is 113 Å². The average Bonchev–Trinajstić information content (AvgIpc) is 3.57. The first-order valence-electron chi connectivity index (χ1n) is 20.3. The van der Waals surface area contributed by atoms with Crippen LogP contribution in [0.4, 0.5) is 0 Å². The van der Waals surface area contributed by atoms with Crippen molar-refractivity contribution >= 4 is 11.9 Å². The van der Waals surface area contributed by atoms with E-state index in [1.54, 1.807) is 11.3 Å². The average molecular weight is 694 g/mol. The SMILES string of the molecule is CCCC1C23C=C4CCC2(C(=C(O)CC(C)N2CC5CC(C2)C2CCC6=C(C4CC(C)C6)N2C5)OC3=O)C12OC(=O)c1c(CCCN)cccc12. The number of aliphatic hydroxyl groups is 1. The second kappa shape index (κ2) is 11.2. The Bertz CT molecular complexity index is 1810. The fourth-order valence-corrected chi connectivity index (χ4v) is 13.9. The minimum atomic E-state index is -1.09. The lowest BCUT2D eigenvalue weighted by Gasteiger charge is -2.69. The van der Waals surface area contributed by atoms with Gasteiger partial charge >= 0.3 is 11.9 Å². The smallest absolute Gasteiger partial charge is 0.339 e. The van der Waals surface area contributed by atoms with E-state index in [4.69, 9.17) is 15.2 Å². The van der Waals surface area contributed by atoms with Crippen molar-refractivity contribution in [2.45, 2.75) is 116 Å². The molecule has 13 rings (SSSR count). The van der Waals surface area contributed by atoms with Gasteiger partial charge < -0.3 is 25.2 Å². The number of ether oxygens (including phenoxy) is 2. The number of nitrogens with two attached hydrogens (primary N) is 1. The molecule has 8 heteroatoms. The molecule has 0 aromatic heterocycles. The van der Waals surface area contributed by atoms with Crippen molar-refractivity contribution in [2.24, 2.45) is 46.2 Å². The van der Waals surface area contributed by atoms with E-state index in [9.17, 15) is 14.7 Å². The molecule has 9 heterocycles. The van der Waals surface area contributed by atoms with E-state index < -0.39 is 16.4 Å². The fraction of sp³-hybridized carbons (Fsp3) is 0.674. The number of esters is 2. The molecule has 3 aliphatic carbocycles. The van der Waals surface area contributed by atoms with Crippen molar-refractivity contribution in [3.8, 4) is 0 Å².